The second kappa shape index (κ2) is 4.08. The molecule has 20 heavy (non-hydrogen) atoms. The summed E-state index contributed by atoms with van der Waals surface area (Å²) in [7, 11) is 1.57. The zero-order valence-electron chi connectivity index (χ0n) is 10.9. The van der Waals surface area contributed by atoms with E-state index in [1.54, 1.807) is 7.11 Å². The molecule has 1 aromatic carbocycles. The summed E-state index contributed by atoms with van der Waals surface area (Å²) in [4.78, 5) is 4.52. The van der Waals surface area contributed by atoms with Crippen molar-refractivity contribution in [3.63, 3.8) is 0 Å². The number of hydrogen-bond donors (Lipinski definition) is 2. The van der Waals surface area contributed by atoms with Gasteiger partial charge in [0.25, 0.3) is 0 Å². The first-order valence-electron chi connectivity index (χ1n) is 6.45. The van der Waals surface area contributed by atoms with Crippen LogP contribution in [0.25, 0.3) is 11.0 Å². The average Bonchev–Trinajstić information content (AvgIpc) is 3.01. The topological polar surface area (TPSA) is 91.8 Å². The summed E-state index contributed by atoms with van der Waals surface area (Å²) in [5, 5.41) is 9.87. The first-order valence-corrected chi connectivity index (χ1v) is 6.45. The van der Waals surface area contributed by atoms with Gasteiger partial charge in [0.15, 0.2) is 6.23 Å². The maximum atomic E-state index is 9.87. The van der Waals surface area contributed by atoms with Gasteiger partial charge in [0.2, 0.25) is 0 Å². The van der Waals surface area contributed by atoms with Crippen LogP contribution < -0.4 is 10.5 Å². The second-order valence-corrected chi connectivity index (χ2v) is 5.01. The molecule has 0 unspecified atom stereocenters. The number of aromatic nitrogens is 2. The van der Waals surface area contributed by atoms with E-state index in [1.165, 1.54) is 0 Å². The molecule has 0 radical (unpaired) electrons. The predicted molar refractivity (Wildman–Crippen MR) is 70.3 cm³/mol. The Kier molecular flexibility index (Phi) is 2.44. The number of fused-ring (bicyclic) bond motifs is 5. The molecule has 3 heterocycles. The first kappa shape index (κ1) is 12.0. The van der Waals surface area contributed by atoms with Crippen molar-refractivity contribution >= 4 is 16.7 Å². The number of ether oxygens (including phenoxy) is 3. The average molecular weight is 277 g/mol. The van der Waals surface area contributed by atoms with Gasteiger partial charge in [-0.15, -0.1) is 0 Å². The lowest BCUT2D eigenvalue weighted by Crippen LogP contribution is -2.36. The molecule has 0 spiro atoms. The third kappa shape index (κ3) is 1.42. The molecule has 3 N–H and O–H groups in total. The molecule has 0 aliphatic carbocycles. The van der Waals surface area contributed by atoms with E-state index in [0.29, 0.717) is 23.6 Å². The van der Waals surface area contributed by atoms with Gasteiger partial charge in [0, 0.05) is 0 Å². The fourth-order valence-corrected chi connectivity index (χ4v) is 2.94. The largest absolute Gasteiger partial charge is 0.495 e. The number of rotatable bonds is 1. The SMILES string of the molecule is COc1ccc2c(nc3n2[C@H]2OC[C@@H](O)[C@H]2OC3)c1N. The van der Waals surface area contributed by atoms with Crippen molar-refractivity contribution in [3.05, 3.63) is 18.0 Å². The molecule has 7 nitrogen and oxygen atoms in total. The lowest BCUT2D eigenvalue weighted by atomic mass is 10.2. The van der Waals surface area contributed by atoms with Crippen molar-refractivity contribution in [2.75, 3.05) is 19.5 Å². The first-order chi connectivity index (χ1) is 9.70. The van der Waals surface area contributed by atoms with Gasteiger partial charge in [-0.05, 0) is 12.1 Å². The molecule has 0 bridgehead atoms. The number of methoxy groups -OCH3 is 1. The fourth-order valence-electron chi connectivity index (χ4n) is 2.94. The zero-order chi connectivity index (χ0) is 13.9. The van der Waals surface area contributed by atoms with Crippen LogP contribution in [0.5, 0.6) is 5.75 Å². The fraction of sp³-hybridized carbons (Fsp3) is 0.462. The summed E-state index contributed by atoms with van der Waals surface area (Å²) >= 11 is 0. The molecular formula is C13H15N3O4. The van der Waals surface area contributed by atoms with Crippen molar-refractivity contribution < 1.29 is 19.3 Å². The van der Waals surface area contributed by atoms with Crippen molar-refractivity contribution in [1.29, 1.82) is 0 Å². The number of aliphatic hydroxyl groups is 1. The molecule has 1 saturated heterocycles. The van der Waals surface area contributed by atoms with Crippen LogP contribution >= 0.6 is 0 Å². The summed E-state index contributed by atoms with van der Waals surface area (Å²) in [5.41, 5.74) is 8.12. The van der Waals surface area contributed by atoms with Crippen LogP contribution in [0.1, 0.15) is 12.1 Å². The standard InChI is InChI=1S/C13H15N3O4/c1-18-8-3-2-6-11(10(8)14)15-9-5-19-12-7(17)4-20-13(12)16(6)9/h2-3,7,12-13,17H,4-5,14H2,1H3/t7-,12-,13+/m1/s1. The predicted octanol–water partition coefficient (Wildman–Crippen LogP) is 0.416. The third-order valence-corrected chi connectivity index (χ3v) is 3.91. The van der Waals surface area contributed by atoms with E-state index in [0.717, 1.165) is 11.3 Å². The Bertz CT molecular complexity index is 684. The summed E-state index contributed by atoms with van der Waals surface area (Å²) in [6.45, 7) is 0.595. The van der Waals surface area contributed by atoms with Crippen molar-refractivity contribution in [1.82, 2.24) is 9.55 Å². The van der Waals surface area contributed by atoms with Crippen LogP contribution in [0.3, 0.4) is 0 Å². The highest BCUT2D eigenvalue weighted by atomic mass is 16.6. The van der Waals surface area contributed by atoms with Crippen LogP contribution in [0.15, 0.2) is 12.1 Å². The van der Waals surface area contributed by atoms with E-state index in [4.69, 9.17) is 19.9 Å². The maximum Gasteiger partial charge on any atom is 0.164 e. The molecule has 2 aliphatic heterocycles. The molecule has 1 fully saturated rings. The minimum Gasteiger partial charge on any atom is -0.495 e. The lowest BCUT2D eigenvalue weighted by molar-refractivity contribution is -0.0969. The van der Waals surface area contributed by atoms with Crippen LogP contribution in [0, 0.1) is 0 Å². The highest BCUT2D eigenvalue weighted by molar-refractivity contribution is 5.91. The Morgan fingerprint density at radius 2 is 2.30 bits per heavy atom. The van der Waals surface area contributed by atoms with Gasteiger partial charge in [-0.2, -0.15) is 0 Å². The van der Waals surface area contributed by atoms with E-state index in [1.807, 2.05) is 16.7 Å². The molecule has 3 atom stereocenters. The number of aliphatic hydroxyl groups excluding tert-OH is 1. The number of nitrogen functional groups attached to an aromatic ring is 1. The Labute approximate surface area is 114 Å². The number of anilines is 1. The number of hydrogen-bond acceptors (Lipinski definition) is 6. The van der Waals surface area contributed by atoms with Gasteiger partial charge in [-0.25, -0.2) is 4.98 Å². The van der Waals surface area contributed by atoms with Crippen LogP contribution in [0.4, 0.5) is 5.69 Å². The van der Waals surface area contributed by atoms with Gasteiger partial charge < -0.3 is 25.1 Å². The van der Waals surface area contributed by atoms with E-state index < -0.39 is 6.10 Å². The molecule has 7 heteroatoms. The molecule has 1 aromatic heterocycles. The molecule has 0 amide bonds. The van der Waals surface area contributed by atoms with Gasteiger partial charge in [0.05, 0.1) is 19.2 Å². The van der Waals surface area contributed by atoms with Gasteiger partial charge >= 0.3 is 0 Å². The molecule has 2 aromatic rings. The van der Waals surface area contributed by atoms with Crippen molar-refractivity contribution in [2.24, 2.45) is 0 Å². The van der Waals surface area contributed by atoms with Gasteiger partial charge in [-0.3, -0.25) is 4.57 Å². The second-order valence-electron chi connectivity index (χ2n) is 5.01. The highest BCUT2D eigenvalue weighted by Crippen LogP contribution is 2.38. The van der Waals surface area contributed by atoms with Gasteiger partial charge in [0.1, 0.15) is 41.6 Å². The van der Waals surface area contributed by atoms with E-state index in [-0.39, 0.29) is 18.9 Å². The Morgan fingerprint density at radius 3 is 3.10 bits per heavy atom. The molecular weight excluding hydrogens is 262 g/mol. The number of nitrogens with two attached hydrogens (primary N) is 1. The summed E-state index contributed by atoms with van der Waals surface area (Å²) in [5.74, 6) is 1.34. The Balaban J connectivity index is 1.93. The van der Waals surface area contributed by atoms with E-state index in [9.17, 15) is 5.11 Å². The van der Waals surface area contributed by atoms with Crippen molar-refractivity contribution in [2.45, 2.75) is 25.0 Å². The minimum absolute atomic E-state index is 0.264. The molecule has 4 rings (SSSR count). The van der Waals surface area contributed by atoms with Crippen LogP contribution in [-0.4, -0.2) is 40.6 Å². The monoisotopic (exact) mass is 277 g/mol. The number of nitrogens with zero attached hydrogens (tertiary/aromatic N) is 2. The highest BCUT2D eigenvalue weighted by Gasteiger charge is 2.43. The molecule has 2 aliphatic rings. The maximum absolute atomic E-state index is 9.87. The van der Waals surface area contributed by atoms with Crippen molar-refractivity contribution in [3.8, 4) is 5.75 Å². The Morgan fingerprint density at radius 1 is 1.45 bits per heavy atom. The van der Waals surface area contributed by atoms with Crippen LogP contribution in [0.2, 0.25) is 0 Å². The van der Waals surface area contributed by atoms with E-state index in [2.05, 4.69) is 4.98 Å². The lowest BCUT2D eigenvalue weighted by Gasteiger charge is -2.28. The third-order valence-electron chi connectivity index (χ3n) is 3.91. The Hall–Kier alpha value is -1.83. The zero-order valence-corrected chi connectivity index (χ0v) is 10.9. The van der Waals surface area contributed by atoms with Gasteiger partial charge in [-0.1, -0.05) is 0 Å². The number of imidazole rings is 1. The normalized spacial score (nSPS) is 28.4. The summed E-state index contributed by atoms with van der Waals surface area (Å²) in [6, 6.07) is 3.71. The van der Waals surface area contributed by atoms with Crippen LogP contribution in [-0.2, 0) is 16.1 Å². The summed E-state index contributed by atoms with van der Waals surface area (Å²) in [6.07, 6.45) is -1.32. The smallest absolute Gasteiger partial charge is 0.164 e. The molecule has 0 saturated carbocycles. The number of benzene rings is 1. The quantitative estimate of drug-likeness (QED) is 0.734. The minimum atomic E-state index is -0.610. The molecule has 106 valence electrons. The summed E-state index contributed by atoms with van der Waals surface area (Å²) < 4.78 is 18.4. The van der Waals surface area contributed by atoms with E-state index >= 15 is 0 Å².